The Morgan fingerprint density at radius 1 is 1.12 bits per heavy atom. The van der Waals surface area contributed by atoms with Gasteiger partial charge in [-0.05, 0) is 55.4 Å². The van der Waals surface area contributed by atoms with E-state index in [4.69, 9.17) is 5.11 Å². The van der Waals surface area contributed by atoms with Crippen LogP contribution < -0.4 is 0 Å². The molecule has 0 spiro atoms. The van der Waals surface area contributed by atoms with Gasteiger partial charge in [0.1, 0.15) is 5.75 Å². The van der Waals surface area contributed by atoms with Crippen molar-refractivity contribution in [2.45, 2.75) is 38.1 Å². The predicted molar refractivity (Wildman–Crippen MR) is 97.7 cm³/mol. The van der Waals surface area contributed by atoms with Gasteiger partial charge in [-0.15, -0.1) is 0 Å². The van der Waals surface area contributed by atoms with Crippen molar-refractivity contribution in [3.05, 3.63) is 65.2 Å². The second kappa shape index (κ2) is 8.17. The van der Waals surface area contributed by atoms with Gasteiger partial charge in [-0.25, -0.2) is 0 Å². The number of amides is 1. The quantitative estimate of drug-likeness (QED) is 0.848. The summed E-state index contributed by atoms with van der Waals surface area (Å²) in [6.07, 6.45) is 4.19. The van der Waals surface area contributed by atoms with E-state index in [1.54, 1.807) is 6.07 Å². The number of phenols is 1. The van der Waals surface area contributed by atoms with E-state index in [1.807, 2.05) is 35.2 Å². The lowest BCUT2D eigenvalue weighted by molar-refractivity contribution is 0.0721. The minimum atomic E-state index is -0.104. The van der Waals surface area contributed by atoms with Crippen LogP contribution in [0.1, 0.15) is 47.2 Å². The summed E-state index contributed by atoms with van der Waals surface area (Å²) in [5.41, 5.74) is 2.57. The van der Waals surface area contributed by atoms with Crippen LogP contribution in [0.4, 0.5) is 0 Å². The third-order valence-corrected chi connectivity index (χ3v) is 4.88. The van der Waals surface area contributed by atoms with Crippen LogP contribution in [-0.4, -0.2) is 40.2 Å². The largest absolute Gasteiger partial charge is 0.507 e. The molecule has 1 atom stereocenters. The van der Waals surface area contributed by atoms with Gasteiger partial charge >= 0.3 is 0 Å². The number of aliphatic hydroxyl groups is 1. The van der Waals surface area contributed by atoms with Crippen molar-refractivity contribution in [2.75, 3.05) is 13.2 Å². The van der Waals surface area contributed by atoms with E-state index in [0.717, 1.165) is 37.8 Å². The Kier molecular flexibility index (Phi) is 5.71. The van der Waals surface area contributed by atoms with Crippen LogP contribution in [0, 0.1) is 0 Å². The molecule has 2 aromatic carbocycles. The van der Waals surface area contributed by atoms with Crippen LogP contribution in [0.3, 0.4) is 0 Å². The van der Waals surface area contributed by atoms with E-state index in [2.05, 4.69) is 12.1 Å². The van der Waals surface area contributed by atoms with E-state index in [0.29, 0.717) is 12.0 Å². The average molecular weight is 339 g/mol. The highest BCUT2D eigenvalue weighted by Gasteiger charge is 2.30. The molecule has 1 saturated heterocycles. The average Bonchev–Trinajstić information content (AvgIpc) is 3.10. The standard InChI is InChI=1S/C21H25NO3/c23-13-5-9-18-8-4-12-22(18)21(25)19-15-17(10-11-20(19)24)14-16-6-2-1-3-7-16/h1-3,6-7,10-11,15,18,23-24H,4-5,8-9,12-14H2. The SMILES string of the molecule is O=C(c1cc(Cc2ccccc2)ccc1O)N1CCCC1CCCO. The molecule has 1 fully saturated rings. The van der Waals surface area contributed by atoms with Gasteiger partial charge in [-0.1, -0.05) is 36.4 Å². The Hall–Kier alpha value is -2.33. The number of aromatic hydroxyl groups is 1. The van der Waals surface area contributed by atoms with E-state index in [1.165, 1.54) is 5.56 Å². The minimum Gasteiger partial charge on any atom is -0.507 e. The molecule has 1 aliphatic rings. The normalized spacial score (nSPS) is 17.0. The van der Waals surface area contributed by atoms with Crippen LogP contribution in [0.2, 0.25) is 0 Å². The first kappa shape index (κ1) is 17.5. The molecule has 2 aromatic rings. The number of hydrogen-bond donors (Lipinski definition) is 2. The smallest absolute Gasteiger partial charge is 0.257 e. The second-order valence-electron chi connectivity index (χ2n) is 6.67. The lowest BCUT2D eigenvalue weighted by Crippen LogP contribution is -2.35. The number of benzene rings is 2. The summed E-state index contributed by atoms with van der Waals surface area (Å²) in [6.45, 7) is 0.869. The van der Waals surface area contributed by atoms with Gasteiger partial charge in [0.25, 0.3) is 5.91 Å². The van der Waals surface area contributed by atoms with Crippen LogP contribution >= 0.6 is 0 Å². The Morgan fingerprint density at radius 2 is 1.92 bits per heavy atom. The summed E-state index contributed by atoms with van der Waals surface area (Å²) in [5, 5.41) is 19.3. The lowest BCUT2D eigenvalue weighted by atomic mass is 10.0. The predicted octanol–water partition coefficient (Wildman–Crippen LogP) is 3.36. The molecule has 0 radical (unpaired) electrons. The number of carbonyl (C=O) groups is 1. The van der Waals surface area contributed by atoms with Crippen molar-refractivity contribution in [1.29, 1.82) is 0 Å². The third kappa shape index (κ3) is 4.20. The zero-order valence-electron chi connectivity index (χ0n) is 14.4. The van der Waals surface area contributed by atoms with Gasteiger partial charge in [-0.3, -0.25) is 4.79 Å². The number of rotatable bonds is 6. The topological polar surface area (TPSA) is 60.8 Å². The fourth-order valence-corrected chi connectivity index (χ4v) is 3.58. The summed E-state index contributed by atoms with van der Waals surface area (Å²) in [6, 6.07) is 15.5. The fraction of sp³-hybridized carbons (Fsp3) is 0.381. The molecule has 1 heterocycles. The summed E-state index contributed by atoms with van der Waals surface area (Å²) in [5.74, 6) is -0.0672. The van der Waals surface area contributed by atoms with Crippen molar-refractivity contribution >= 4 is 5.91 Å². The summed E-state index contributed by atoms with van der Waals surface area (Å²) in [4.78, 5) is 14.8. The maximum atomic E-state index is 12.9. The van der Waals surface area contributed by atoms with Crippen molar-refractivity contribution in [3.63, 3.8) is 0 Å². The van der Waals surface area contributed by atoms with Gasteiger partial charge in [-0.2, -0.15) is 0 Å². The Morgan fingerprint density at radius 3 is 2.68 bits per heavy atom. The molecule has 0 saturated carbocycles. The van der Waals surface area contributed by atoms with Crippen LogP contribution in [0.5, 0.6) is 5.75 Å². The molecule has 1 amide bonds. The molecule has 1 unspecified atom stereocenters. The zero-order valence-corrected chi connectivity index (χ0v) is 14.4. The van der Waals surface area contributed by atoms with Crippen molar-refractivity contribution in [2.24, 2.45) is 0 Å². The molecule has 0 aliphatic carbocycles. The molecule has 132 valence electrons. The first-order chi connectivity index (χ1) is 12.2. The van der Waals surface area contributed by atoms with Gasteiger partial charge in [0.2, 0.25) is 0 Å². The van der Waals surface area contributed by atoms with Gasteiger partial charge in [0.05, 0.1) is 5.56 Å². The Balaban J connectivity index is 1.78. The van der Waals surface area contributed by atoms with Crippen molar-refractivity contribution < 1.29 is 15.0 Å². The maximum Gasteiger partial charge on any atom is 0.257 e. The number of likely N-dealkylation sites (tertiary alicyclic amines) is 1. The van der Waals surface area contributed by atoms with E-state index in [9.17, 15) is 9.90 Å². The highest BCUT2D eigenvalue weighted by atomic mass is 16.3. The summed E-state index contributed by atoms with van der Waals surface area (Å²) < 4.78 is 0. The van der Waals surface area contributed by atoms with Gasteiger partial charge in [0, 0.05) is 19.2 Å². The Bertz CT molecular complexity index is 714. The molecule has 25 heavy (non-hydrogen) atoms. The molecular formula is C21H25NO3. The number of phenolic OH excluding ortho intramolecular Hbond substituents is 1. The highest BCUT2D eigenvalue weighted by Crippen LogP contribution is 2.28. The Labute approximate surface area is 148 Å². The fourth-order valence-electron chi connectivity index (χ4n) is 3.58. The maximum absolute atomic E-state index is 12.9. The van der Waals surface area contributed by atoms with Crippen LogP contribution in [0.25, 0.3) is 0 Å². The first-order valence-electron chi connectivity index (χ1n) is 8.96. The molecule has 0 aromatic heterocycles. The van der Waals surface area contributed by atoms with E-state index < -0.39 is 0 Å². The van der Waals surface area contributed by atoms with Gasteiger partial charge in [0.15, 0.2) is 0 Å². The lowest BCUT2D eigenvalue weighted by Gasteiger charge is -2.25. The molecule has 1 aliphatic heterocycles. The number of carbonyl (C=O) groups excluding carboxylic acids is 1. The first-order valence-corrected chi connectivity index (χ1v) is 8.96. The number of aliphatic hydroxyl groups excluding tert-OH is 1. The van der Waals surface area contributed by atoms with E-state index in [-0.39, 0.29) is 24.3 Å². The highest BCUT2D eigenvalue weighted by molar-refractivity contribution is 5.97. The molecule has 2 N–H and O–H groups in total. The molecule has 4 nitrogen and oxygen atoms in total. The molecule has 4 heteroatoms. The second-order valence-corrected chi connectivity index (χ2v) is 6.67. The van der Waals surface area contributed by atoms with Gasteiger partial charge < -0.3 is 15.1 Å². The molecule has 0 bridgehead atoms. The number of nitrogens with zero attached hydrogens (tertiary/aromatic N) is 1. The monoisotopic (exact) mass is 339 g/mol. The third-order valence-electron chi connectivity index (χ3n) is 4.88. The molecule has 3 rings (SSSR count). The minimum absolute atomic E-state index is 0.0367. The van der Waals surface area contributed by atoms with Crippen LogP contribution in [-0.2, 0) is 6.42 Å². The van der Waals surface area contributed by atoms with Crippen molar-refractivity contribution in [1.82, 2.24) is 4.90 Å². The summed E-state index contributed by atoms with van der Waals surface area (Å²) >= 11 is 0. The van der Waals surface area contributed by atoms with E-state index >= 15 is 0 Å². The number of hydrogen-bond acceptors (Lipinski definition) is 3. The van der Waals surface area contributed by atoms with Crippen molar-refractivity contribution in [3.8, 4) is 5.75 Å². The van der Waals surface area contributed by atoms with Crippen LogP contribution in [0.15, 0.2) is 48.5 Å². The molecular weight excluding hydrogens is 314 g/mol. The summed E-state index contributed by atoms with van der Waals surface area (Å²) in [7, 11) is 0. The zero-order chi connectivity index (χ0) is 17.6.